The molecule has 0 aromatic carbocycles. The third-order valence-corrected chi connectivity index (χ3v) is 3.53. The number of rotatable bonds is 6. The number of aromatic amines is 1. The second kappa shape index (κ2) is 5.93. The van der Waals surface area contributed by atoms with Crippen LogP contribution in [0, 0.1) is 13.8 Å². The molecule has 0 saturated heterocycles. The zero-order chi connectivity index (χ0) is 12.1. The second-order valence-electron chi connectivity index (χ2n) is 4.16. The molecule has 2 N–H and O–H groups in total. The van der Waals surface area contributed by atoms with Crippen LogP contribution in [0.3, 0.4) is 0 Å². The van der Waals surface area contributed by atoms with Crippen molar-refractivity contribution >= 4 is 11.3 Å². The molecule has 0 aliphatic heterocycles. The standard InChI is InChI=1S/C12H18N4S/c1-9-11(6-14-16-9)4-3-5-13-7-12-8-17-10(2)15-12/h6,8,13H,3-5,7H2,1-2H3,(H,14,16). The predicted molar refractivity (Wildman–Crippen MR) is 70.2 cm³/mol. The van der Waals surface area contributed by atoms with Gasteiger partial charge in [-0.25, -0.2) is 4.98 Å². The third-order valence-electron chi connectivity index (χ3n) is 2.71. The van der Waals surface area contributed by atoms with Crippen molar-refractivity contribution in [3.8, 4) is 0 Å². The highest BCUT2D eigenvalue weighted by Gasteiger charge is 2.00. The molecule has 0 radical (unpaired) electrons. The van der Waals surface area contributed by atoms with Crippen molar-refractivity contribution in [3.63, 3.8) is 0 Å². The van der Waals surface area contributed by atoms with E-state index in [0.717, 1.165) is 36.6 Å². The molecule has 92 valence electrons. The number of thiazole rings is 1. The minimum absolute atomic E-state index is 0.870. The van der Waals surface area contributed by atoms with E-state index in [9.17, 15) is 0 Å². The van der Waals surface area contributed by atoms with Crippen molar-refractivity contribution in [3.05, 3.63) is 33.5 Å². The first kappa shape index (κ1) is 12.3. The van der Waals surface area contributed by atoms with Crippen LogP contribution in [0.4, 0.5) is 0 Å². The molecular weight excluding hydrogens is 232 g/mol. The fourth-order valence-corrected chi connectivity index (χ4v) is 2.35. The zero-order valence-corrected chi connectivity index (χ0v) is 11.1. The van der Waals surface area contributed by atoms with Gasteiger partial charge in [-0.3, -0.25) is 5.10 Å². The first-order chi connectivity index (χ1) is 8.25. The lowest BCUT2D eigenvalue weighted by atomic mass is 10.1. The summed E-state index contributed by atoms with van der Waals surface area (Å²) in [6, 6.07) is 0. The Bertz CT molecular complexity index is 461. The van der Waals surface area contributed by atoms with Crippen molar-refractivity contribution in [1.82, 2.24) is 20.5 Å². The lowest BCUT2D eigenvalue weighted by molar-refractivity contribution is 0.641. The Morgan fingerprint density at radius 2 is 2.29 bits per heavy atom. The summed E-state index contributed by atoms with van der Waals surface area (Å²) in [6.07, 6.45) is 4.12. The highest BCUT2D eigenvalue weighted by molar-refractivity contribution is 7.09. The summed E-state index contributed by atoms with van der Waals surface area (Å²) in [5.41, 5.74) is 3.64. The molecular formula is C12H18N4S. The van der Waals surface area contributed by atoms with Crippen molar-refractivity contribution in [2.24, 2.45) is 0 Å². The summed E-state index contributed by atoms with van der Waals surface area (Å²) in [4.78, 5) is 4.41. The molecule has 0 atom stereocenters. The van der Waals surface area contributed by atoms with Crippen LogP contribution in [0.15, 0.2) is 11.6 Å². The Morgan fingerprint density at radius 3 is 2.94 bits per heavy atom. The minimum Gasteiger partial charge on any atom is -0.311 e. The van der Waals surface area contributed by atoms with Crippen LogP contribution in [0.25, 0.3) is 0 Å². The largest absolute Gasteiger partial charge is 0.311 e. The predicted octanol–water partition coefficient (Wildman–Crippen LogP) is 2.21. The number of nitrogens with zero attached hydrogens (tertiary/aromatic N) is 2. The monoisotopic (exact) mass is 250 g/mol. The van der Waals surface area contributed by atoms with Crippen molar-refractivity contribution in [1.29, 1.82) is 0 Å². The molecule has 0 saturated carbocycles. The molecule has 0 spiro atoms. The van der Waals surface area contributed by atoms with E-state index in [1.165, 1.54) is 11.3 Å². The average Bonchev–Trinajstić information content (AvgIpc) is 2.88. The molecule has 0 aliphatic rings. The summed E-state index contributed by atoms with van der Waals surface area (Å²) in [6.45, 7) is 5.99. The van der Waals surface area contributed by atoms with Crippen LogP contribution in [0.2, 0.25) is 0 Å². The number of nitrogens with one attached hydrogen (secondary N) is 2. The van der Waals surface area contributed by atoms with Crippen molar-refractivity contribution < 1.29 is 0 Å². The van der Waals surface area contributed by atoms with E-state index in [0.29, 0.717) is 0 Å². The Labute approximate surface area is 105 Å². The SMILES string of the molecule is Cc1nc(CNCCCc2cn[nH]c2C)cs1. The van der Waals surface area contributed by atoms with E-state index >= 15 is 0 Å². The van der Waals surface area contributed by atoms with Gasteiger partial charge in [0.1, 0.15) is 0 Å². The van der Waals surface area contributed by atoms with Gasteiger partial charge in [-0.1, -0.05) is 0 Å². The zero-order valence-electron chi connectivity index (χ0n) is 10.3. The normalized spacial score (nSPS) is 10.9. The minimum atomic E-state index is 0.870. The highest BCUT2D eigenvalue weighted by Crippen LogP contribution is 2.08. The van der Waals surface area contributed by atoms with Crippen LogP contribution in [0.1, 0.15) is 28.4 Å². The van der Waals surface area contributed by atoms with E-state index in [2.05, 4.69) is 32.8 Å². The summed E-state index contributed by atoms with van der Waals surface area (Å²) in [5, 5.41) is 13.6. The lowest BCUT2D eigenvalue weighted by Crippen LogP contribution is -2.15. The van der Waals surface area contributed by atoms with Gasteiger partial charge in [0, 0.05) is 17.6 Å². The number of H-pyrrole nitrogens is 1. The maximum Gasteiger partial charge on any atom is 0.0897 e. The van der Waals surface area contributed by atoms with Crippen LogP contribution in [-0.2, 0) is 13.0 Å². The van der Waals surface area contributed by atoms with Gasteiger partial charge in [-0.05, 0) is 38.8 Å². The maximum absolute atomic E-state index is 4.41. The van der Waals surface area contributed by atoms with Crippen molar-refractivity contribution in [2.75, 3.05) is 6.54 Å². The van der Waals surface area contributed by atoms with Gasteiger partial charge in [0.25, 0.3) is 0 Å². The quantitative estimate of drug-likeness (QED) is 0.773. The number of aromatic nitrogens is 3. The Morgan fingerprint density at radius 1 is 1.41 bits per heavy atom. The van der Waals surface area contributed by atoms with Gasteiger partial charge in [-0.15, -0.1) is 11.3 Å². The topological polar surface area (TPSA) is 53.6 Å². The lowest BCUT2D eigenvalue weighted by Gasteiger charge is -2.02. The van der Waals surface area contributed by atoms with E-state index < -0.39 is 0 Å². The Hall–Kier alpha value is -1.20. The molecule has 0 bridgehead atoms. The molecule has 5 heteroatoms. The van der Waals surface area contributed by atoms with Crippen LogP contribution in [0.5, 0.6) is 0 Å². The summed E-state index contributed by atoms with van der Waals surface area (Å²) in [5.74, 6) is 0. The number of hydrogen-bond acceptors (Lipinski definition) is 4. The third kappa shape index (κ3) is 3.64. The summed E-state index contributed by atoms with van der Waals surface area (Å²) >= 11 is 1.70. The highest BCUT2D eigenvalue weighted by atomic mass is 32.1. The maximum atomic E-state index is 4.41. The number of aryl methyl sites for hydroxylation is 3. The molecule has 0 fully saturated rings. The Balaban J connectivity index is 1.62. The van der Waals surface area contributed by atoms with Gasteiger partial charge in [0.05, 0.1) is 16.9 Å². The fourth-order valence-electron chi connectivity index (χ4n) is 1.74. The molecule has 2 rings (SSSR count). The van der Waals surface area contributed by atoms with Gasteiger partial charge in [0.2, 0.25) is 0 Å². The molecule has 2 aromatic rings. The van der Waals surface area contributed by atoms with Gasteiger partial charge < -0.3 is 5.32 Å². The van der Waals surface area contributed by atoms with E-state index in [1.807, 2.05) is 13.1 Å². The van der Waals surface area contributed by atoms with Crippen LogP contribution >= 0.6 is 11.3 Å². The average molecular weight is 250 g/mol. The van der Waals surface area contributed by atoms with Gasteiger partial charge >= 0.3 is 0 Å². The molecule has 0 amide bonds. The molecule has 2 aromatic heterocycles. The first-order valence-electron chi connectivity index (χ1n) is 5.86. The van der Waals surface area contributed by atoms with Crippen LogP contribution < -0.4 is 5.32 Å². The van der Waals surface area contributed by atoms with E-state index in [1.54, 1.807) is 11.3 Å². The first-order valence-corrected chi connectivity index (χ1v) is 6.74. The van der Waals surface area contributed by atoms with Crippen molar-refractivity contribution in [2.45, 2.75) is 33.2 Å². The van der Waals surface area contributed by atoms with E-state index in [-0.39, 0.29) is 0 Å². The second-order valence-corrected chi connectivity index (χ2v) is 5.22. The molecule has 17 heavy (non-hydrogen) atoms. The summed E-state index contributed by atoms with van der Waals surface area (Å²) < 4.78 is 0. The summed E-state index contributed by atoms with van der Waals surface area (Å²) in [7, 11) is 0. The fraction of sp³-hybridized carbons (Fsp3) is 0.500. The number of hydrogen-bond donors (Lipinski definition) is 2. The molecule has 4 nitrogen and oxygen atoms in total. The molecule has 0 aliphatic carbocycles. The van der Waals surface area contributed by atoms with Gasteiger partial charge in [-0.2, -0.15) is 5.10 Å². The van der Waals surface area contributed by atoms with Gasteiger partial charge in [0.15, 0.2) is 0 Å². The molecule has 2 heterocycles. The Kier molecular flexibility index (Phi) is 4.28. The van der Waals surface area contributed by atoms with E-state index in [4.69, 9.17) is 0 Å². The smallest absolute Gasteiger partial charge is 0.0897 e. The van der Waals surface area contributed by atoms with Crippen LogP contribution in [-0.4, -0.2) is 21.7 Å². The molecule has 0 unspecified atom stereocenters.